The average molecular weight is 306 g/mol. The molecule has 1 atom stereocenters. The summed E-state index contributed by atoms with van der Waals surface area (Å²) < 4.78 is 0. The standard InChI is InChI=1S/C12H17Cl2N3O2/c1-7(17(2)3-4-18)12(19)16-11-9(14)5-8(13)6-10(11)15/h5-7,18H,3-4,15H2,1-2H3,(H,16,19). The maximum atomic E-state index is 12.0. The molecule has 0 saturated heterocycles. The number of hydrogen-bond donors (Lipinski definition) is 3. The SMILES string of the molecule is CC(C(=O)Nc1c(N)cc(Cl)cc1Cl)N(C)CCO. The van der Waals surface area contributed by atoms with E-state index in [2.05, 4.69) is 5.32 Å². The summed E-state index contributed by atoms with van der Waals surface area (Å²) in [6.45, 7) is 2.11. The first-order valence-corrected chi connectivity index (χ1v) is 6.49. The number of nitrogen functional groups attached to an aromatic ring is 1. The molecule has 0 aliphatic carbocycles. The van der Waals surface area contributed by atoms with Gasteiger partial charge in [0.05, 0.1) is 29.0 Å². The van der Waals surface area contributed by atoms with Crippen molar-refractivity contribution in [3.05, 3.63) is 22.2 Å². The molecule has 1 aromatic carbocycles. The number of anilines is 2. The van der Waals surface area contributed by atoms with Crippen molar-refractivity contribution >= 4 is 40.5 Å². The van der Waals surface area contributed by atoms with Crippen LogP contribution in [0.2, 0.25) is 10.0 Å². The molecule has 0 aromatic heterocycles. The number of amides is 1. The maximum Gasteiger partial charge on any atom is 0.241 e. The molecule has 4 N–H and O–H groups in total. The third-order valence-electron chi connectivity index (χ3n) is 2.83. The van der Waals surface area contributed by atoms with Crippen molar-refractivity contribution in [1.29, 1.82) is 0 Å². The van der Waals surface area contributed by atoms with Crippen molar-refractivity contribution in [2.45, 2.75) is 13.0 Å². The number of benzene rings is 1. The van der Waals surface area contributed by atoms with Gasteiger partial charge >= 0.3 is 0 Å². The number of carbonyl (C=O) groups excluding carboxylic acids is 1. The molecule has 0 aliphatic rings. The quantitative estimate of drug-likeness (QED) is 0.725. The zero-order chi connectivity index (χ0) is 14.6. The van der Waals surface area contributed by atoms with Crippen molar-refractivity contribution < 1.29 is 9.90 Å². The van der Waals surface area contributed by atoms with Gasteiger partial charge in [0, 0.05) is 11.6 Å². The first-order valence-electron chi connectivity index (χ1n) is 5.73. The van der Waals surface area contributed by atoms with Gasteiger partial charge in [-0.25, -0.2) is 0 Å². The van der Waals surface area contributed by atoms with Crippen LogP contribution < -0.4 is 11.1 Å². The van der Waals surface area contributed by atoms with Crippen molar-refractivity contribution in [3.8, 4) is 0 Å². The van der Waals surface area contributed by atoms with Crippen LogP contribution >= 0.6 is 23.2 Å². The Morgan fingerprint density at radius 3 is 2.68 bits per heavy atom. The van der Waals surface area contributed by atoms with Crippen LogP contribution in [0.1, 0.15) is 6.92 Å². The average Bonchev–Trinajstić information content (AvgIpc) is 2.32. The molecule has 0 radical (unpaired) electrons. The summed E-state index contributed by atoms with van der Waals surface area (Å²) in [7, 11) is 1.74. The highest BCUT2D eigenvalue weighted by atomic mass is 35.5. The maximum absolute atomic E-state index is 12.0. The Labute approximate surface area is 122 Å². The topological polar surface area (TPSA) is 78.6 Å². The lowest BCUT2D eigenvalue weighted by atomic mass is 10.2. The van der Waals surface area contributed by atoms with Gasteiger partial charge in [-0.05, 0) is 26.1 Å². The number of nitrogens with two attached hydrogens (primary N) is 1. The first-order chi connectivity index (χ1) is 8.86. The van der Waals surface area contributed by atoms with Crippen LogP contribution in [0.5, 0.6) is 0 Å². The second-order valence-electron chi connectivity index (χ2n) is 4.22. The van der Waals surface area contributed by atoms with Gasteiger partial charge < -0.3 is 16.2 Å². The summed E-state index contributed by atoms with van der Waals surface area (Å²) in [6, 6.07) is 2.61. The van der Waals surface area contributed by atoms with E-state index in [0.29, 0.717) is 22.9 Å². The van der Waals surface area contributed by atoms with Crippen LogP contribution in [-0.4, -0.2) is 42.2 Å². The molecule has 7 heteroatoms. The number of likely N-dealkylation sites (N-methyl/N-ethyl adjacent to an activating group) is 1. The minimum atomic E-state index is -0.418. The molecule has 0 bridgehead atoms. The molecule has 1 aromatic rings. The summed E-state index contributed by atoms with van der Waals surface area (Å²) in [5.41, 5.74) is 6.42. The van der Waals surface area contributed by atoms with Gasteiger partial charge in [0.1, 0.15) is 0 Å². The highest BCUT2D eigenvalue weighted by Gasteiger charge is 2.19. The number of hydrogen-bond acceptors (Lipinski definition) is 4. The Kier molecular flexibility index (Phi) is 5.87. The molecule has 1 unspecified atom stereocenters. The van der Waals surface area contributed by atoms with Gasteiger partial charge in [-0.2, -0.15) is 0 Å². The largest absolute Gasteiger partial charge is 0.397 e. The fourth-order valence-electron chi connectivity index (χ4n) is 1.50. The fourth-order valence-corrected chi connectivity index (χ4v) is 2.06. The molecule has 0 heterocycles. The summed E-state index contributed by atoms with van der Waals surface area (Å²) in [6.07, 6.45) is 0. The van der Waals surface area contributed by atoms with Gasteiger partial charge in [0.15, 0.2) is 0 Å². The smallest absolute Gasteiger partial charge is 0.241 e. The molecule has 1 amide bonds. The molecular weight excluding hydrogens is 289 g/mol. The summed E-state index contributed by atoms with van der Waals surface area (Å²) in [5.74, 6) is -0.258. The monoisotopic (exact) mass is 305 g/mol. The Morgan fingerprint density at radius 1 is 1.53 bits per heavy atom. The van der Waals surface area contributed by atoms with E-state index in [4.69, 9.17) is 34.0 Å². The van der Waals surface area contributed by atoms with Crippen LogP contribution in [0.25, 0.3) is 0 Å². The minimum Gasteiger partial charge on any atom is -0.397 e. The number of carbonyl (C=O) groups is 1. The van der Waals surface area contributed by atoms with Crippen molar-refractivity contribution in [1.82, 2.24) is 4.90 Å². The van der Waals surface area contributed by atoms with E-state index < -0.39 is 6.04 Å². The third-order valence-corrected chi connectivity index (χ3v) is 3.34. The lowest BCUT2D eigenvalue weighted by Crippen LogP contribution is -2.41. The zero-order valence-electron chi connectivity index (χ0n) is 10.8. The van der Waals surface area contributed by atoms with E-state index in [0.717, 1.165) is 0 Å². The zero-order valence-corrected chi connectivity index (χ0v) is 12.3. The second kappa shape index (κ2) is 6.96. The van der Waals surface area contributed by atoms with Crippen molar-refractivity contribution in [3.63, 3.8) is 0 Å². The van der Waals surface area contributed by atoms with Crippen LogP contribution in [0.3, 0.4) is 0 Å². The van der Waals surface area contributed by atoms with E-state index in [1.807, 2.05) is 0 Å². The lowest BCUT2D eigenvalue weighted by molar-refractivity contribution is -0.120. The highest BCUT2D eigenvalue weighted by Crippen LogP contribution is 2.32. The fraction of sp³-hybridized carbons (Fsp3) is 0.417. The molecule has 1 rings (SSSR count). The summed E-state index contributed by atoms with van der Waals surface area (Å²) in [4.78, 5) is 13.8. The highest BCUT2D eigenvalue weighted by molar-refractivity contribution is 6.37. The predicted molar refractivity (Wildman–Crippen MR) is 78.7 cm³/mol. The second-order valence-corrected chi connectivity index (χ2v) is 5.06. The number of halogens is 2. The van der Waals surface area contributed by atoms with E-state index >= 15 is 0 Å². The number of aliphatic hydroxyl groups excluding tert-OH is 1. The lowest BCUT2D eigenvalue weighted by Gasteiger charge is -2.23. The Hall–Kier alpha value is -1.01. The van der Waals surface area contributed by atoms with E-state index in [1.165, 1.54) is 12.1 Å². The number of rotatable bonds is 5. The molecular formula is C12H17Cl2N3O2. The normalized spacial score (nSPS) is 12.5. The molecule has 0 spiro atoms. The third kappa shape index (κ3) is 4.24. The molecule has 0 fully saturated rings. The number of nitrogens with zero attached hydrogens (tertiary/aromatic N) is 1. The Bertz CT molecular complexity index is 445. The minimum absolute atomic E-state index is 0.0159. The van der Waals surface area contributed by atoms with Gasteiger partial charge in [0.25, 0.3) is 0 Å². The Morgan fingerprint density at radius 2 is 2.16 bits per heavy atom. The molecule has 0 aliphatic heterocycles. The molecule has 5 nitrogen and oxygen atoms in total. The van der Waals surface area contributed by atoms with E-state index in [9.17, 15) is 4.79 Å². The van der Waals surface area contributed by atoms with Gasteiger partial charge in [-0.15, -0.1) is 0 Å². The van der Waals surface area contributed by atoms with Crippen molar-refractivity contribution in [2.24, 2.45) is 0 Å². The molecule has 0 saturated carbocycles. The van der Waals surface area contributed by atoms with Crippen molar-refractivity contribution in [2.75, 3.05) is 31.2 Å². The van der Waals surface area contributed by atoms with E-state index in [1.54, 1.807) is 18.9 Å². The van der Waals surface area contributed by atoms with Crippen LogP contribution in [0, 0.1) is 0 Å². The van der Waals surface area contributed by atoms with Gasteiger partial charge in [-0.3, -0.25) is 9.69 Å². The van der Waals surface area contributed by atoms with Gasteiger partial charge in [-0.1, -0.05) is 23.2 Å². The van der Waals surface area contributed by atoms with Crippen LogP contribution in [-0.2, 0) is 4.79 Å². The Balaban J connectivity index is 2.83. The first kappa shape index (κ1) is 16.0. The molecule has 106 valence electrons. The van der Waals surface area contributed by atoms with Crippen LogP contribution in [0.15, 0.2) is 12.1 Å². The number of nitrogens with one attached hydrogen (secondary N) is 1. The molecule has 19 heavy (non-hydrogen) atoms. The summed E-state index contributed by atoms with van der Waals surface area (Å²) in [5, 5.41) is 12.2. The summed E-state index contributed by atoms with van der Waals surface area (Å²) >= 11 is 11.8. The number of aliphatic hydroxyl groups is 1. The van der Waals surface area contributed by atoms with Gasteiger partial charge in [0.2, 0.25) is 5.91 Å². The van der Waals surface area contributed by atoms with E-state index in [-0.39, 0.29) is 17.5 Å². The van der Waals surface area contributed by atoms with Crippen LogP contribution in [0.4, 0.5) is 11.4 Å². The predicted octanol–water partition coefficient (Wildman–Crippen LogP) is 1.83.